The molecule has 4 nitrogen and oxygen atoms in total. The molecule has 102 valence electrons. The highest BCUT2D eigenvalue weighted by Gasteiger charge is 2.09. The number of aromatic nitrogens is 2. The van der Waals surface area contributed by atoms with Crippen molar-refractivity contribution in [3.63, 3.8) is 0 Å². The van der Waals surface area contributed by atoms with Gasteiger partial charge in [-0.3, -0.25) is 0 Å². The average Bonchev–Trinajstić information content (AvgIpc) is 2.90. The van der Waals surface area contributed by atoms with Gasteiger partial charge in [0.15, 0.2) is 18.4 Å². The number of hydrogen-bond donors (Lipinski definition) is 0. The number of nitrogens with zero attached hydrogens (tertiary/aromatic N) is 2. The van der Waals surface area contributed by atoms with Gasteiger partial charge < -0.3 is 9.47 Å². The van der Waals surface area contributed by atoms with E-state index in [4.69, 9.17) is 9.47 Å². The summed E-state index contributed by atoms with van der Waals surface area (Å²) in [6, 6.07) is 12.4. The predicted octanol–water partition coefficient (Wildman–Crippen LogP) is 3.15. The summed E-state index contributed by atoms with van der Waals surface area (Å²) in [4.78, 5) is 0. The lowest BCUT2D eigenvalue weighted by molar-refractivity contribution is 0.0483. The highest BCUT2D eigenvalue weighted by Crippen LogP contribution is 2.24. The first-order chi connectivity index (χ1) is 9.79. The van der Waals surface area contributed by atoms with Crippen molar-refractivity contribution in [3.05, 3.63) is 54.5 Å². The molecule has 1 aromatic heterocycles. The van der Waals surface area contributed by atoms with Gasteiger partial charge in [0.05, 0.1) is 17.4 Å². The Balaban J connectivity index is 2.05. The van der Waals surface area contributed by atoms with Crippen LogP contribution in [0.1, 0.15) is 0 Å². The molecule has 0 atom stereocenters. The summed E-state index contributed by atoms with van der Waals surface area (Å²) in [5, 5.41) is 5.35. The molecule has 0 unspecified atom stereocenters. The van der Waals surface area contributed by atoms with Crippen LogP contribution in [0.25, 0.3) is 16.6 Å². The zero-order chi connectivity index (χ0) is 13.9. The van der Waals surface area contributed by atoms with Crippen molar-refractivity contribution in [2.24, 2.45) is 0 Å². The van der Waals surface area contributed by atoms with E-state index in [1.54, 1.807) is 23.0 Å². The quantitative estimate of drug-likeness (QED) is 0.684. The molecule has 3 aromatic rings. The van der Waals surface area contributed by atoms with Crippen LogP contribution >= 0.6 is 0 Å². The first-order valence-corrected chi connectivity index (χ1v) is 6.14. The van der Waals surface area contributed by atoms with E-state index in [-0.39, 0.29) is 12.5 Å². The maximum atomic E-state index is 13.6. The summed E-state index contributed by atoms with van der Waals surface area (Å²) in [5.74, 6) is -0.286. The van der Waals surface area contributed by atoms with Gasteiger partial charge in [-0.2, -0.15) is 5.10 Å². The summed E-state index contributed by atoms with van der Waals surface area (Å²) in [5.41, 5.74) is 1.69. The minimum atomic E-state index is -0.428. The Bertz CT molecular complexity index is 740. The molecule has 5 heteroatoms. The fourth-order valence-electron chi connectivity index (χ4n) is 2.03. The molecule has 0 saturated carbocycles. The molecular weight excluding hydrogens is 259 g/mol. The van der Waals surface area contributed by atoms with Crippen LogP contribution < -0.4 is 4.74 Å². The van der Waals surface area contributed by atoms with Crippen molar-refractivity contribution in [1.82, 2.24) is 9.78 Å². The van der Waals surface area contributed by atoms with E-state index in [1.807, 2.05) is 24.3 Å². The van der Waals surface area contributed by atoms with Crippen molar-refractivity contribution >= 4 is 10.9 Å². The largest absolute Gasteiger partial charge is 0.464 e. The summed E-state index contributed by atoms with van der Waals surface area (Å²) in [7, 11) is 1.49. The van der Waals surface area contributed by atoms with Crippen molar-refractivity contribution < 1.29 is 13.9 Å². The second-order valence-corrected chi connectivity index (χ2v) is 4.28. The predicted molar refractivity (Wildman–Crippen MR) is 73.5 cm³/mol. The van der Waals surface area contributed by atoms with Gasteiger partial charge in [0, 0.05) is 18.6 Å². The van der Waals surface area contributed by atoms with E-state index in [0.717, 1.165) is 16.6 Å². The molecule has 20 heavy (non-hydrogen) atoms. The number of benzene rings is 2. The molecule has 0 aliphatic rings. The van der Waals surface area contributed by atoms with Gasteiger partial charge in [-0.15, -0.1) is 0 Å². The van der Waals surface area contributed by atoms with E-state index in [9.17, 15) is 4.39 Å². The molecule has 0 fully saturated rings. The summed E-state index contributed by atoms with van der Waals surface area (Å²) >= 11 is 0. The summed E-state index contributed by atoms with van der Waals surface area (Å²) in [6.07, 6.45) is 1.77. The highest BCUT2D eigenvalue weighted by atomic mass is 19.1. The minimum absolute atomic E-state index is 0.000226. The number of fused-ring (bicyclic) bond motifs is 1. The number of halogens is 1. The Morgan fingerprint density at radius 3 is 2.90 bits per heavy atom. The smallest absolute Gasteiger partial charge is 0.188 e. The van der Waals surface area contributed by atoms with E-state index in [2.05, 4.69) is 5.10 Å². The first kappa shape index (κ1) is 12.6. The molecule has 0 saturated heterocycles. The molecule has 0 aliphatic carbocycles. The third-order valence-electron chi connectivity index (χ3n) is 2.97. The maximum Gasteiger partial charge on any atom is 0.188 e. The van der Waals surface area contributed by atoms with Gasteiger partial charge in [0.2, 0.25) is 0 Å². The third kappa shape index (κ3) is 2.23. The first-order valence-electron chi connectivity index (χ1n) is 6.14. The van der Waals surface area contributed by atoms with Gasteiger partial charge in [0.25, 0.3) is 0 Å². The Labute approximate surface area is 115 Å². The zero-order valence-corrected chi connectivity index (χ0v) is 10.9. The number of rotatable bonds is 4. The van der Waals surface area contributed by atoms with Gasteiger partial charge in [0.1, 0.15) is 0 Å². The van der Waals surface area contributed by atoms with Crippen LogP contribution in [0.15, 0.2) is 48.7 Å². The van der Waals surface area contributed by atoms with Crippen molar-refractivity contribution in [3.8, 4) is 11.4 Å². The van der Waals surface area contributed by atoms with E-state index in [1.165, 1.54) is 13.2 Å². The second kappa shape index (κ2) is 5.30. The van der Waals surface area contributed by atoms with E-state index in [0.29, 0.717) is 0 Å². The van der Waals surface area contributed by atoms with Crippen LogP contribution in [0.3, 0.4) is 0 Å². The fraction of sp³-hybridized carbons (Fsp3) is 0.133. The Morgan fingerprint density at radius 1 is 1.20 bits per heavy atom. The lowest BCUT2D eigenvalue weighted by Crippen LogP contribution is -2.03. The summed E-state index contributed by atoms with van der Waals surface area (Å²) < 4.78 is 25.4. The Hall–Kier alpha value is -2.40. The molecule has 0 radical (unpaired) electrons. The maximum absolute atomic E-state index is 13.6. The lowest BCUT2D eigenvalue weighted by Gasteiger charge is -2.09. The molecule has 3 rings (SSSR count). The second-order valence-electron chi connectivity index (χ2n) is 4.28. The molecule has 0 N–H and O–H groups in total. The van der Waals surface area contributed by atoms with Gasteiger partial charge >= 0.3 is 0 Å². The molecule has 1 heterocycles. The standard InChI is InChI=1S/C15H13FN2O2/c1-19-10-20-15-8-12(6-7-13(15)16)18-14-5-3-2-4-11(14)9-17-18/h2-9H,10H2,1H3. The monoisotopic (exact) mass is 272 g/mol. The Morgan fingerprint density at radius 2 is 2.05 bits per heavy atom. The van der Waals surface area contributed by atoms with Crippen LogP contribution in [0.5, 0.6) is 5.75 Å². The van der Waals surface area contributed by atoms with Crippen LogP contribution in [0.2, 0.25) is 0 Å². The van der Waals surface area contributed by atoms with E-state index >= 15 is 0 Å². The molecule has 0 aliphatic heterocycles. The summed E-state index contributed by atoms with van der Waals surface area (Å²) in [6.45, 7) is 0.000226. The highest BCUT2D eigenvalue weighted by molar-refractivity contribution is 5.80. The average molecular weight is 272 g/mol. The van der Waals surface area contributed by atoms with Crippen molar-refractivity contribution in [2.75, 3.05) is 13.9 Å². The van der Waals surface area contributed by atoms with E-state index < -0.39 is 5.82 Å². The van der Waals surface area contributed by atoms with Crippen molar-refractivity contribution in [1.29, 1.82) is 0 Å². The SMILES string of the molecule is COCOc1cc(-n2ncc3ccccc32)ccc1F. The van der Waals surface area contributed by atoms with Crippen LogP contribution in [0.4, 0.5) is 4.39 Å². The Kier molecular flexibility index (Phi) is 3.35. The normalized spacial score (nSPS) is 10.9. The van der Waals surface area contributed by atoms with Crippen LogP contribution in [0, 0.1) is 5.82 Å². The molecule has 0 amide bonds. The van der Waals surface area contributed by atoms with Crippen LogP contribution in [-0.4, -0.2) is 23.7 Å². The zero-order valence-electron chi connectivity index (χ0n) is 10.9. The minimum Gasteiger partial charge on any atom is -0.464 e. The molecular formula is C15H13FN2O2. The molecule has 0 bridgehead atoms. The number of ether oxygens (including phenoxy) is 2. The number of para-hydroxylation sites is 1. The lowest BCUT2D eigenvalue weighted by atomic mass is 10.2. The molecule has 0 spiro atoms. The van der Waals surface area contributed by atoms with Gasteiger partial charge in [-0.25, -0.2) is 9.07 Å². The number of methoxy groups -OCH3 is 1. The number of hydrogen-bond acceptors (Lipinski definition) is 3. The van der Waals surface area contributed by atoms with Crippen molar-refractivity contribution in [2.45, 2.75) is 0 Å². The van der Waals surface area contributed by atoms with Gasteiger partial charge in [-0.1, -0.05) is 18.2 Å². The third-order valence-corrected chi connectivity index (χ3v) is 2.97. The van der Waals surface area contributed by atoms with Crippen LogP contribution in [-0.2, 0) is 4.74 Å². The van der Waals surface area contributed by atoms with Gasteiger partial charge in [-0.05, 0) is 18.2 Å². The topological polar surface area (TPSA) is 36.3 Å². The molecule has 2 aromatic carbocycles. The fourth-order valence-corrected chi connectivity index (χ4v) is 2.03.